The smallest absolute Gasteiger partial charge is 0.0438 e. The fourth-order valence-electron chi connectivity index (χ4n) is 1.81. The lowest BCUT2D eigenvalue weighted by Crippen LogP contribution is -2.31. The number of hydrogen-bond acceptors (Lipinski definition) is 1. The lowest BCUT2D eigenvalue weighted by molar-refractivity contribution is 0.483. The fraction of sp³-hybridized carbons (Fsp3) is 0.467. The summed E-state index contributed by atoms with van der Waals surface area (Å²) in [4.78, 5) is 0. The highest BCUT2D eigenvalue weighted by atomic mass is 35.5. The highest BCUT2D eigenvalue weighted by molar-refractivity contribution is 6.31. The minimum atomic E-state index is 0.422. The van der Waals surface area contributed by atoms with Crippen LogP contribution in [-0.4, -0.2) is 12.6 Å². The Kier molecular flexibility index (Phi) is 6.77. The molecule has 0 saturated heterocycles. The van der Waals surface area contributed by atoms with Crippen LogP contribution in [0, 0.1) is 12.3 Å². The number of hydrogen-bond donors (Lipinski definition) is 1. The lowest BCUT2D eigenvalue weighted by Gasteiger charge is -2.18. The number of halogens is 1. The van der Waals surface area contributed by atoms with Crippen LogP contribution in [0.5, 0.6) is 0 Å². The third kappa shape index (κ3) is 5.26. The second-order valence-corrected chi connectivity index (χ2v) is 4.60. The Labute approximate surface area is 110 Å². The Bertz CT molecular complexity index is 367. The Morgan fingerprint density at radius 2 is 2.18 bits per heavy atom. The van der Waals surface area contributed by atoms with Crippen LogP contribution >= 0.6 is 11.6 Å². The van der Waals surface area contributed by atoms with E-state index in [1.807, 2.05) is 18.2 Å². The molecule has 0 fully saturated rings. The van der Waals surface area contributed by atoms with Crippen molar-refractivity contribution in [2.24, 2.45) is 0 Å². The Morgan fingerprint density at radius 1 is 1.41 bits per heavy atom. The minimum absolute atomic E-state index is 0.422. The summed E-state index contributed by atoms with van der Waals surface area (Å²) in [6, 6.07) is 8.43. The van der Waals surface area contributed by atoms with E-state index in [9.17, 15) is 0 Å². The van der Waals surface area contributed by atoms with E-state index in [1.54, 1.807) is 0 Å². The van der Waals surface area contributed by atoms with Crippen molar-refractivity contribution < 1.29 is 0 Å². The second kappa shape index (κ2) is 8.17. The van der Waals surface area contributed by atoms with E-state index in [0.29, 0.717) is 6.04 Å². The molecule has 0 aliphatic carbocycles. The standard InChI is InChI=1S/C15H20ClN/c1-3-5-9-14(17-11-4-2)12-13-8-6-7-10-15(13)16/h1,6-8,10,14,17H,4-5,9,11-12H2,2H3. The van der Waals surface area contributed by atoms with Crippen LogP contribution in [-0.2, 0) is 6.42 Å². The molecular formula is C15H20ClN. The van der Waals surface area contributed by atoms with Gasteiger partial charge >= 0.3 is 0 Å². The molecule has 1 aromatic rings. The monoisotopic (exact) mass is 249 g/mol. The summed E-state index contributed by atoms with van der Waals surface area (Å²) in [5.74, 6) is 2.70. The normalized spacial score (nSPS) is 12.1. The van der Waals surface area contributed by atoms with Gasteiger partial charge in [-0.25, -0.2) is 0 Å². The van der Waals surface area contributed by atoms with Gasteiger partial charge in [-0.3, -0.25) is 0 Å². The Hall–Kier alpha value is -0.970. The number of nitrogens with one attached hydrogen (secondary N) is 1. The summed E-state index contributed by atoms with van der Waals surface area (Å²) in [6.07, 6.45) is 9.22. The zero-order valence-corrected chi connectivity index (χ0v) is 11.1. The van der Waals surface area contributed by atoms with Gasteiger partial charge in [0.2, 0.25) is 0 Å². The number of benzene rings is 1. The summed E-state index contributed by atoms with van der Waals surface area (Å²) in [5.41, 5.74) is 1.19. The topological polar surface area (TPSA) is 12.0 Å². The van der Waals surface area contributed by atoms with E-state index in [0.717, 1.165) is 37.3 Å². The molecule has 1 aromatic carbocycles. The van der Waals surface area contributed by atoms with Gasteiger partial charge < -0.3 is 5.32 Å². The Balaban J connectivity index is 2.58. The minimum Gasteiger partial charge on any atom is -0.314 e. The molecule has 0 heterocycles. The molecule has 0 radical (unpaired) electrons. The molecule has 0 bridgehead atoms. The predicted octanol–water partition coefficient (Wildman–Crippen LogP) is 3.66. The third-order valence-corrected chi connectivity index (χ3v) is 3.11. The predicted molar refractivity (Wildman–Crippen MR) is 75.3 cm³/mol. The fourth-order valence-corrected chi connectivity index (χ4v) is 2.02. The van der Waals surface area contributed by atoms with Gasteiger partial charge in [-0.05, 0) is 37.4 Å². The van der Waals surface area contributed by atoms with E-state index in [2.05, 4.69) is 24.2 Å². The van der Waals surface area contributed by atoms with Gasteiger partial charge in [-0.1, -0.05) is 36.7 Å². The molecule has 1 N–H and O–H groups in total. The van der Waals surface area contributed by atoms with Gasteiger partial charge in [0.05, 0.1) is 0 Å². The van der Waals surface area contributed by atoms with Crippen LogP contribution in [0.4, 0.5) is 0 Å². The van der Waals surface area contributed by atoms with Crippen molar-refractivity contribution in [3.05, 3.63) is 34.9 Å². The molecule has 0 spiro atoms. The van der Waals surface area contributed by atoms with Crippen molar-refractivity contribution in [3.8, 4) is 12.3 Å². The molecule has 1 rings (SSSR count). The van der Waals surface area contributed by atoms with Gasteiger partial charge in [0.15, 0.2) is 0 Å². The second-order valence-electron chi connectivity index (χ2n) is 4.19. The van der Waals surface area contributed by atoms with E-state index in [4.69, 9.17) is 18.0 Å². The van der Waals surface area contributed by atoms with Gasteiger partial charge in [0.25, 0.3) is 0 Å². The largest absolute Gasteiger partial charge is 0.314 e. The molecule has 17 heavy (non-hydrogen) atoms. The van der Waals surface area contributed by atoms with Crippen molar-refractivity contribution in [3.63, 3.8) is 0 Å². The molecule has 92 valence electrons. The van der Waals surface area contributed by atoms with Crippen molar-refractivity contribution in [1.29, 1.82) is 0 Å². The van der Waals surface area contributed by atoms with E-state index in [1.165, 1.54) is 5.56 Å². The molecule has 0 amide bonds. The van der Waals surface area contributed by atoms with Gasteiger partial charge in [-0.15, -0.1) is 12.3 Å². The summed E-state index contributed by atoms with van der Waals surface area (Å²) in [6.45, 7) is 3.19. The molecule has 0 aromatic heterocycles. The van der Waals surface area contributed by atoms with Crippen molar-refractivity contribution in [2.75, 3.05) is 6.54 Å². The summed E-state index contributed by atoms with van der Waals surface area (Å²) in [5, 5.41) is 4.37. The Morgan fingerprint density at radius 3 is 2.82 bits per heavy atom. The van der Waals surface area contributed by atoms with E-state index < -0.39 is 0 Å². The number of rotatable bonds is 7. The highest BCUT2D eigenvalue weighted by Crippen LogP contribution is 2.17. The maximum atomic E-state index is 6.17. The first kappa shape index (κ1) is 14.1. The van der Waals surface area contributed by atoms with E-state index in [-0.39, 0.29) is 0 Å². The zero-order chi connectivity index (χ0) is 12.5. The van der Waals surface area contributed by atoms with E-state index >= 15 is 0 Å². The van der Waals surface area contributed by atoms with Crippen LogP contribution in [0.25, 0.3) is 0 Å². The van der Waals surface area contributed by atoms with Crippen LogP contribution in [0.15, 0.2) is 24.3 Å². The summed E-state index contributed by atoms with van der Waals surface area (Å²) in [7, 11) is 0. The molecule has 1 nitrogen and oxygen atoms in total. The molecule has 0 saturated carbocycles. The maximum absolute atomic E-state index is 6.17. The highest BCUT2D eigenvalue weighted by Gasteiger charge is 2.09. The first-order valence-electron chi connectivity index (χ1n) is 6.18. The summed E-state index contributed by atoms with van der Waals surface area (Å²) < 4.78 is 0. The summed E-state index contributed by atoms with van der Waals surface area (Å²) >= 11 is 6.17. The molecule has 1 unspecified atom stereocenters. The van der Waals surface area contributed by atoms with Crippen molar-refractivity contribution in [1.82, 2.24) is 5.32 Å². The molecule has 0 aliphatic rings. The van der Waals surface area contributed by atoms with Gasteiger partial charge in [-0.2, -0.15) is 0 Å². The van der Waals surface area contributed by atoms with Crippen LogP contribution < -0.4 is 5.32 Å². The SMILES string of the molecule is C#CCCC(Cc1ccccc1Cl)NCCC. The molecule has 0 aliphatic heterocycles. The average Bonchev–Trinajstić information content (AvgIpc) is 2.35. The van der Waals surface area contributed by atoms with Crippen LogP contribution in [0.1, 0.15) is 31.7 Å². The lowest BCUT2D eigenvalue weighted by atomic mass is 10.0. The first-order chi connectivity index (χ1) is 8.27. The molecule has 1 atom stereocenters. The van der Waals surface area contributed by atoms with Crippen molar-refractivity contribution >= 4 is 11.6 Å². The van der Waals surface area contributed by atoms with Gasteiger partial charge in [0, 0.05) is 17.5 Å². The van der Waals surface area contributed by atoms with Crippen molar-refractivity contribution in [2.45, 2.75) is 38.6 Å². The molecule has 2 heteroatoms. The quantitative estimate of drug-likeness (QED) is 0.728. The molecular weight excluding hydrogens is 230 g/mol. The number of terminal acetylenes is 1. The average molecular weight is 250 g/mol. The zero-order valence-electron chi connectivity index (χ0n) is 10.4. The van der Waals surface area contributed by atoms with Gasteiger partial charge in [0.1, 0.15) is 0 Å². The first-order valence-corrected chi connectivity index (χ1v) is 6.56. The maximum Gasteiger partial charge on any atom is 0.0438 e. The van der Waals surface area contributed by atoms with Crippen LogP contribution in [0.3, 0.4) is 0 Å². The van der Waals surface area contributed by atoms with Crippen LogP contribution in [0.2, 0.25) is 5.02 Å². The third-order valence-electron chi connectivity index (χ3n) is 2.74.